The molecular formula is C19H16F3N3O3S. The fraction of sp³-hybridized carbons (Fsp3) is 0.158. The van der Waals surface area contributed by atoms with Crippen LogP contribution in [0.2, 0.25) is 0 Å². The fourth-order valence-corrected chi connectivity index (χ4v) is 3.32. The zero-order chi connectivity index (χ0) is 21.4. The molecule has 0 N–H and O–H groups in total. The van der Waals surface area contributed by atoms with Crippen LogP contribution < -0.4 is 4.90 Å². The van der Waals surface area contributed by atoms with Crippen LogP contribution in [0.3, 0.4) is 0 Å². The number of hydrogen-bond acceptors (Lipinski definition) is 4. The summed E-state index contributed by atoms with van der Waals surface area (Å²) in [5.41, 5.74) is 0.355. The maximum absolute atomic E-state index is 13.2. The molecule has 2 aromatic carbocycles. The van der Waals surface area contributed by atoms with E-state index < -0.39 is 21.7 Å². The van der Waals surface area contributed by atoms with E-state index in [1.165, 1.54) is 41.3 Å². The largest absolute Gasteiger partial charge is 0.435 e. The van der Waals surface area contributed by atoms with Crippen molar-refractivity contribution in [1.29, 1.82) is 0 Å². The van der Waals surface area contributed by atoms with Crippen molar-refractivity contribution in [2.75, 3.05) is 18.2 Å². The highest BCUT2D eigenvalue weighted by atomic mass is 32.2. The lowest BCUT2D eigenvalue weighted by molar-refractivity contribution is -0.141. The van der Waals surface area contributed by atoms with Gasteiger partial charge in [0, 0.05) is 24.6 Å². The fourth-order valence-electron chi connectivity index (χ4n) is 2.68. The monoisotopic (exact) mass is 423 g/mol. The number of nitrogens with zero attached hydrogens (tertiary/aromatic N) is 3. The Hall–Kier alpha value is -3.14. The quantitative estimate of drug-likeness (QED) is 0.589. The highest BCUT2D eigenvalue weighted by Gasteiger charge is 2.35. The van der Waals surface area contributed by atoms with Crippen LogP contribution in [0.1, 0.15) is 5.69 Å². The van der Waals surface area contributed by atoms with Crippen LogP contribution in [0, 0.1) is 0 Å². The number of rotatable bonds is 5. The summed E-state index contributed by atoms with van der Waals surface area (Å²) in [6, 6.07) is 12.7. The normalized spacial score (nSPS) is 12.0. The topological polar surface area (TPSA) is 72.3 Å². The minimum absolute atomic E-state index is 0.0598. The van der Waals surface area contributed by atoms with Gasteiger partial charge in [-0.2, -0.15) is 18.3 Å². The SMILES string of the molecule is CN(C=O)c1ccc(-n2nc(C(F)(F)F)cc2-c2ccc(S(C)(=O)=O)cc2)cc1. The van der Waals surface area contributed by atoms with Crippen molar-refractivity contribution in [3.8, 4) is 16.9 Å². The highest BCUT2D eigenvalue weighted by molar-refractivity contribution is 7.90. The lowest BCUT2D eigenvalue weighted by atomic mass is 10.1. The molecule has 0 saturated heterocycles. The summed E-state index contributed by atoms with van der Waals surface area (Å²) in [6.45, 7) is 0. The number of amides is 1. The molecule has 1 heterocycles. The van der Waals surface area contributed by atoms with Crippen molar-refractivity contribution in [3.05, 3.63) is 60.3 Å². The molecule has 29 heavy (non-hydrogen) atoms. The number of hydrogen-bond donors (Lipinski definition) is 0. The molecular weight excluding hydrogens is 407 g/mol. The summed E-state index contributed by atoms with van der Waals surface area (Å²) in [4.78, 5) is 12.2. The molecule has 0 spiro atoms. The third kappa shape index (κ3) is 4.32. The third-order valence-electron chi connectivity index (χ3n) is 4.24. The van der Waals surface area contributed by atoms with E-state index in [0.29, 0.717) is 23.3 Å². The second-order valence-corrected chi connectivity index (χ2v) is 8.37. The molecule has 0 bridgehead atoms. The van der Waals surface area contributed by atoms with E-state index in [0.717, 1.165) is 17.0 Å². The number of benzene rings is 2. The van der Waals surface area contributed by atoms with Crippen LogP contribution in [0.15, 0.2) is 59.5 Å². The van der Waals surface area contributed by atoms with Gasteiger partial charge in [0.1, 0.15) is 0 Å². The van der Waals surface area contributed by atoms with Gasteiger partial charge >= 0.3 is 6.18 Å². The summed E-state index contributed by atoms with van der Waals surface area (Å²) < 4.78 is 64.1. The average molecular weight is 423 g/mol. The standard InChI is InChI=1S/C19H16F3N3O3S/c1-24(12-26)14-5-7-15(8-6-14)25-17(11-18(23-25)19(20,21)22)13-3-9-16(10-4-13)29(2,27)28/h3-12H,1-2H3. The van der Waals surface area contributed by atoms with Crippen LogP contribution in [-0.4, -0.2) is 37.9 Å². The second-order valence-electron chi connectivity index (χ2n) is 6.35. The summed E-state index contributed by atoms with van der Waals surface area (Å²) in [7, 11) is -1.89. The van der Waals surface area contributed by atoms with Gasteiger partial charge in [0.15, 0.2) is 15.5 Å². The minimum Gasteiger partial charge on any atom is -0.318 e. The number of sulfone groups is 1. The van der Waals surface area contributed by atoms with Crippen molar-refractivity contribution < 1.29 is 26.4 Å². The Labute approximate surface area is 165 Å². The van der Waals surface area contributed by atoms with E-state index in [-0.39, 0.29) is 10.6 Å². The van der Waals surface area contributed by atoms with Gasteiger partial charge in [-0.15, -0.1) is 0 Å². The zero-order valence-corrected chi connectivity index (χ0v) is 16.2. The van der Waals surface area contributed by atoms with Crippen LogP contribution in [0.4, 0.5) is 18.9 Å². The molecule has 0 aliphatic carbocycles. The van der Waals surface area contributed by atoms with Crippen LogP contribution in [0.5, 0.6) is 0 Å². The van der Waals surface area contributed by atoms with E-state index in [2.05, 4.69) is 5.10 Å². The van der Waals surface area contributed by atoms with E-state index in [1.54, 1.807) is 19.2 Å². The Kier molecular flexibility index (Phi) is 5.22. The molecule has 0 fully saturated rings. The molecule has 3 rings (SSSR count). The summed E-state index contributed by atoms with van der Waals surface area (Å²) in [5, 5.41) is 3.68. The maximum atomic E-state index is 13.2. The first-order valence-electron chi connectivity index (χ1n) is 8.27. The molecule has 0 saturated carbocycles. The Balaban J connectivity index is 2.12. The second kappa shape index (κ2) is 7.36. The van der Waals surface area contributed by atoms with Gasteiger partial charge in [-0.3, -0.25) is 4.79 Å². The smallest absolute Gasteiger partial charge is 0.318 e. The molecule has 0 aliphatic rings. The van der Waals surface area contributed by atoms with E-state index in [9.17, 15) is 26.4 Å². The van der Waals surface area contributed by atoms with E-state index in [1.807, 2.05) is 0 Å². The molecule has 6 nitrogen and oxygen atoms in total. The predicted molar refractivity (Wildman–Crippen MR) is 102 cm³/mol. The predicted octanol–water partition coefficient (Wildman–Crippen LogP) is 3.55. The summed E-state index contributed by atoms with van der Waals surface area (Å²) >= 11 is 0. The Morgan fingerprint density at radius 3 is 2.10 bits per heavy atom. The lowest BCUT2D eigenvalue weighted by Crippen LogP contribution is -2.13. The van der Waals surface area contributed by atoms with Gasteiger partial charge < -0.3 is 4.90 Å². The Bertz CT molecular complexity index is 1140. The lowest BCUT2D eigenvalue weighted by Gasteiger charge is -2.12. The van der Waals surface area contributed by atoms with Crippen molar-refractivity contribution in [2.45, 2.75) is 11.1 Å². The van der Waals surface area contributed by atoms with Crippen molar-refractivity contribution >= 4 is 21.9 Å². The molecule has 0 atom stereocenters. The molecule has 1 amide bonds. The minimum atomic E-state index is -4.65. The van der Waals surface area contributed by atoms with E-state index in [4.69, 9.17) is 0 Å². The van der Waals surface area contributed by atoms with Gasteiger partial charge in [0.25, 0.3) is 0 Å². The first-order chi connectivity index (χ1) is 13.5. The van der Waals surface area contributed by atoms with Gasteiger partial charge in [0.05, 0.1) is 16.3 Å². The average Bonchev–Trinajstić information content (AvgIpc) is 3.13. The van der Waals surface area contributed by atoms with Gasteiger partial charge in [-0.1, -0.05) is 12.1 Å². The van der Waals surface area contributed by atoms with Crippen molar-refractivity contribution in [3.63, 3.8) is 0 Å². The molecule has 0 aliphatic heterocycles. The van der Waals surface area contributed by atoms with Crippen LogP contribution in [-0.2, 0) is 20.8 Å². The number of carbonyl (C=O) groups is 1. The first kappa shape index (κ1) is 20.6. The zero-order valence-electron chi connectivity index (χ0n) is 15.4. The van der Waals surface area contributed by atoms with Crippen molar-refractivity contribution in [2.24, 2.45) is 0 Å². The number of anilines is 1. The number of halogens is 3. The van der Waals surface area contributed by atoms with Crippen LogP contribution >= 0.6 is 0 Å². The number of carbonyl (C=O) groups excluding carboxylic acids is 1. The number of aromatic nitrogens is 2. The molecule has 1 aromatic heterocycles. The van der Waals surface area contributed by atoms with Gasteiger partial charge in [0.2, 0.25) is 6.41 Å². The molecule has 0 unspecified atom stereocenters. The molecule has 0 radical (unpaired) electrons. The summed E-state index contributed by atoms with van der Waals surface area (Å²) in [6.07, 6.45) is -2.99. The molecule has 3 aromatic rings. The highest BCUT2D eigenvalue weighted by Crippen LogP contribution is 2.33. The Morgan fingerprint density at radius 2 is 1.62 bits per heavy atom. The molecule has 152 valence electrons. The van der Waals surface area contributed by atoms with Gasteiger partial charge in [-0.25, -0.2) is 13.1 Å². The number of alkyl halides is 3. The Morgan fingerprint density at radius 1 is 1.03 bits per heavy atom. The summed E-state index contributed by atoms with van der Waals surface area (Å²) in [5.74, 6) is 0. The van der Waals surface area contributed by atoms with E-state index >= 15 is 0 Å². The molecule has 10 heteroatoms. The van der Waals surface area contributed by atoms with Crippen LogP contribution in [0.25, 0.3) is 16.9 Å². The van der Waals surface area contributed by atoms with Gasteiger partial charge in [-0.05, 0) is 42.5 Å². The third-order valence-corrected chi connectivity index (χ3v) is 5.37. The first-order valence-corrected chi connectivity index (χ1v) is 10.2. The maximum Gasteiger partial charge on any atom is 0.435 e. The van der Waals surface area contributed by atoms with Crippen molar-refractivity contribution in [1.82, 2.24) is 9.78 Å².